The molecule has 2 N–H and O–H groups in total. The molecule has 2 rings (SSSR count). The van der Waals surface area contributed by atoms with Crippen LogP contribution in [0.4, 0.5) is 5.69 Å². The van der Waals surface area contributed by atoms with Gasteiger partial charge in [0.05, 0.1) is 12.8 Å². The van der Waals surface area contributed by atoms with Gasteiger partial charge in [0, 0.05) is 25.4 Å². The van der Waals surface area contributed by atoms with E-state index in [-0.39, 0.29) is 30.1 Å². The van der Waals surface area contributed by atoms with Crippen LogP contribution in [-0.2, 0) is 9.59 Å². The highest BCUT2D eigenvalue weighted by Gasteiger charge is 2.27. The van der Waals surface area contributed by atoms with E-state index in [9.17, 15) is 9.59 Å². The number of anilines is 1. The summed E-state index contributed by atoms with van der Waals surface area (Å²) in [6.45, 7) is 2.16. The number of benzene rings is 1. The van der Waals surface area contributed by atoms with Crippen LogP contribution in [-0.4, -0.2) is 50.5 Å². The second-order valence-corrected chi connectivity index (χ2v) is 6.05. The largest absolute Gasteiger partial charge is 0.495 e. The van der Waals surface area contributed by atoms with Gasteiger partial charge in [-0.3, -0.25) is 9.59 Å². The van der Waals surface area contributed by atoms with Gasteiger partial charge in [-0.05, 0) is 45.0 Å². The van der Waals surface area contributed by atoms with Crippen molar-refractivity contribution in [3.8, 4) is 5.75 Å². The zero-order valence-corrected chi connectivity index (χ0v) is 15.7. The van der Waals surface area contributed by atoms with Crippen molar-refractivity contribution >= 4 is 29.9 Å². The first kappa shape index (κ1) is 21.3. The normalized spacial score (nSPS) is 14.6. The SMILES string of the molecule is CNCCCC(=O)N1CCC(C(=O)Nc2ccccc2OC)CC1.Cl. The van der Waals surface area contributed by atoms with Crippen molar-refractivity contribution in [3.05, 3.63) is 24.3 Å². The minimum Gasteiger partial charge on any atom is -0.495 e. The number of rotatable bonds is 7. The van der Waals surface area contributed by atoms with E-state index in [1.807, 2.05) is 36.2 Å². The third-order valence-corrected chi connectivity index (χ3v) is 4.40. The Hall–Kier alpha value is -1.79. The molecule has 6 nitrogen and oxygen atoms in total. The summed E-state index contributed by atoms with van der Waals surface area (Å²) in [5.74, 6) is 0.787. The number of carbonyl (C=O) groups is 2. The van der Waals surface area contributed by atoms with E-state index >= 15 is 0 Å². The molecule has 0 saturated carbocycles. The Morgan fingerprint density at radius 3 is 2.56 bits per heavy atom. The first-order valence-corrected chi connectivity index (χ1v) is 8.52. The maximum atomic E-state index is 12.4. The number of carbonyl (C=O) groups excluding carboxylic acids is 2. The highest BCUT2D eigenvalue weighted by atomic mass is 35.5. The van der Waals surface area contributed by atoms with E-state index in [2.05, 4.69) is 10.6 Å². The summed E-state index contributed by atoms with van der Waals surface area (Å²) in [4.78, 5) is 26.4. The van der Waals surface area contributed by atoms with Gasteiger partial charge < -0.3 is 20.3 Å². The third kappa shape index (κ3) is 6.21. The van der Waals surface area contributed by atoms with Crippen molar-refractivity contribution in [1.82, 2.24) is 10.2 Å². The number of ether oxygens (including phenoxy) is 1. The number of nitrogens with one attached hydrogen (secondary N) is 2. The Morgan fingerprint density at radius 1 is 1.24 bits per heavy atom. The fourth-order valence-corrected chi connectivity index (χ4v) is 2.95. The van der Waals surface area contributed by atoms with Gasteiger partial charge in [-0.15, -0.1) is 12.4 Å². The summed E-state index contributed by atoms with van der Waals surface area (Å²) in [6, 6.07) is 7.39. The molecule has 1 fully saturated rings. The maximum Gasteiger partial charge on any atom is 0.227 e. The molecular weight excluding hydrogens is 342 g/mol. The van der Waals surface area contributed by atoms with Crippen LogP contribution < -0.4 is 15.4 Å². The lowest BCUT2D eigenvalue weighted by Crippen LogP contribution is -2.41. The van der Waals surface area contributed by atoms with Crippen LogP contribution >= 0.6 is 12.4 Å². The monoisotopic (exact) mass is 369 g/mol. The quantitative estimate of drug-likeness (QED) is 0.723. The van der Waals surface area contributed by atoms with E-state index in [0.29, 0.717) is 43.8 Å². The van der Waals surface area contributed by atoms with Crippen LogP contribution in [0.5, 0.6) is 5.75 Å². The van der Waals surface area contributed by atoms with Gasteiger partial charge in [0.15, 0.2) is 0 Å². The van der Waals surface area contributed by atoms with Gasteiger partial charge in [0.2, 0.25) is 11.8 Å². The predicted molar refractivity (Wildman–Crippen MR) is 101 cm³/mol. The number of amides is 2. The number of likely N-dealkylation sites (tertiary alicyclic amines) is 1. The van der Waals surface area contributed by atoms with Crippen LogP contribution in [0.1, 0.15) is 25.7 Å². The molecule has 7 heteroatoms. The zero-order valence-electron chi connectivity index (χ0n) is 14.9. The molecule has 1 aromatic carbocycles. The molecule has 0 bridgehead atoms. The van der Waals surface area contributed by atoms with Crippen molar-refractivity contribution in [2.75, 3.05) is 39.1 Å². The molecule has 0 spiro atoms. The van der Waals surface area contributed by atoms with Crippen LogP contribution in [0, 0.1) is 5.92 Å². The minimum absolute atomic E-state index is 0. The number of nitrogens with zero attached hydrogens (tertiary/aromatic N) is 1. The second-order valence-electron chi connectivity index (χ2n) is 6.05. The van der Waals surface area contributed by atoms with Crippen molar-refractivity contribution in [3.63, 3.8) is 0 Å². The number of methoxy groups -OCH3 is 1. The van der Waals surface area contributed by atoms with Crippen molar-refractivity contribution < 1.29 is 14.3 Å². The average molecular weight is 370 g/mol. The first-order valence-electron chi connectivity index (χ1n) is 8.52. The molecule has 1 heterocycles. The third-order valence-electron chi connectivity index (χ3n) is 4.40. The van der Waals surface area contributed by atoms with E-state index in [1.165, 1.54) is 0 Å². The molecule has 2 amide bonds. The number of piperidine rings is 1. The number of hydrogen-bond donors (Lipinski definition) is 2. The van der Waals surface area contributed by atoms with Gasteiger partial charge in [0.25, 0.3) is 0 Å². The fraction of sp³-hybridized carbons (Fsp3) is 0.556. The summed E-state index contributed by atoms with van der Waals surface area (Å²) in [6.07, 6.45) is 2.83. The van der Waals surface area contributed by atoms with Crippen molar-refractivity contribution in [2.24, 2.45) is 5.92 Å². The molecule has 25 heavy (non-hydrogen) atoms. The lowest BCUT2D eigenvalue weighted by Gasteiger charge is -2.31. The second kappa shape index (κ2) is 10.9. The van der Waals surface area contributed by atoms with Gasteiger partial charge in [-0.1, -0.05) is 12.1 Å². The molecule has 0 atom stereocenters. The summed E-state index contributed by atoms with van der Waals surface area (Å²) in [7, 11) is 3.47. The van der Waals surface area contributed by atoms with Crippen molar-refractivity contribution in [1.29, 1.82) is 0 Å². The fourth-order valence-electron chi connectivity index (χ4n) is 2.95. The van der Waals surface area contributed by atoms with Crippen molar-refractivity contribution in [2.45, 2.75) is 25.7 Å². The van der Waals surface area contributed by atoms with E-state index < -0.39 is 0 Å². The van der Waals surface area contributed by atoms with Gasteiger partial charge in [-0.2, -0.15) is 0 Å². The van der Waals surface area contributed by atoms with E-state index in [4.69, 9.17) is 4.74 Å². The highest BCUT2D eigenvalue weighted by Crippen LogP contribution is 2.25. The molecular formula is C18H28ClN3O3. The molecule has 1 aliphatic heterocycles. The van der Waals surface area contributed by atoms with E-state index in [0.717, 1.165) is 13.0 Å². The Kier molecular flexibility index (Phi) is 9.31. The number of hydrogen-bond acceptors (Lipinski definition) is 4. The first-order chi connectivity index (χ1) is 11.7. The molecule has 1 saturated heterocycles. The standard InChI is InChI=1S/C18H27N3O3.ClH/c1-19-11-5-8-17(22)21-12-9-14(10-13-21)18(23)20-15-6-3-4-7-16(15)24-2;/h3-4,6-7,14,19H,5,8-13H2,1-2H3,(H,20,23);1H. The predicted octanol–water partition coefficient (Wildman–Crippen LogP) is 2.29. The van der Waals surface area contributed by atoms with Gasteiger partial charge >= 0.3 is 0 Å². The maximum absolute atomic E-state index is 12.4. The number of halogens is 1. The zero-order chi connectivity index (χ0) is 17.4. The van der Waals surface area contributed by atoms with Crippen LogP contribution in [0.3, 0.4) is 0 Å². The highest BCUT2D eigenvalue weighted by molar-refractivity contribution is 5.94. The van der Waals surface area contributed by atoms with Crippen LogP contribution in [0.2, 0.25) is 0 Å². The number of para-hydroxylation sites is 2. The summed E-state index contributed by atoms with van der Waals surface area (Å²) >= 11 is 0. The Morgan fingerprint density at radius 2 is 1.92 bits per heavy atom. The van der Waals surface area contributed by atoms with Crippen LogP contribution in [0.15, 0.2) is 24.3 Å². The molecule has 0 aromatic heterocycles. The molecule has 0 unspecified atom stereocenters. The topological polar surface area (TPSA) is 70.7 Å². The minimum atomic E-state index is -0.0590. The van der Waals surface area contributed by atoms with E-state index in [1.54, 1.807) is 7.11 Å². The molecule has 140 valence electrons. The average Bonchev–Trinajstić information content (AvgIpc) is 2.62. The lowest BCUT2D eigenvalue weighted by atomic mass is 9.95. The lowest BCUT2D eigenvalue weighted by molar-refractivity contribution is -0.134. The summed E-state index contributed by atoms with van der Waals surface area (Å²) < 4.78 is 5.26. The molecule has 0 radical (unpaired) electrons. The van der Waals surface area contributed by atoms with Crippen LogP contribution in [0.25, 0.3) is 0 Å². The van der Waals surface area contributed by atoms with Gasteiger partial charge in [0.1, 0.15) is 5.75 Å². The smallest absolute Gasteiger partial charge is 0.227 e. The summed E-state index contributed by atoms with van der Waals surface area (Å²) in [5.41, 5.74) is 0.690. The Balaban J connectivity index is 0.00000312. The Bertz CT molecular complexity index is 560. The summed E-state index contributed by atoms with van der Waals surface area (Å²) in [5, 5.41) is 5.99. The Labute approximate surface area is 155 Å². The molecule has 1 aliphatic rings. The molecule has 1 aromatic rings. The van der Waals surface area contributed by atoms with Gasteiger partial charge in [-0.25, -0.2) is 0 Å². The molecule has 0 aliphatic carbocycles.